The van der Waals surface area contributed by atoms with E-state index >= 15 is 0 Å². The fourth-order valence-corrected chi connectivity index (χ4v) is 4.36. The maximum absolute atomic E-state index is 12.5. The van der Waals surface area contributed by atoms with Gasteiger partial charge in [-0.2, -0.15) is 0 Å². The largest absolute Gasteiger partial charge is 0.453 e. The van der Waals surface area contributed by atoms with Crippen LogP contribution in [0.25, 0.3) is 0 Å². The molecule has 0 saturated carbocycles. The highest BCUT2D eigenvalue weighted by Crippen LogP contribution is 2.24. The summed E-state index contributed by atoms with van der Waals surface area (Å²) in [5, 5.41) is 2.07. The molecule has 2 aliphatic rings. The summed E-state index contributed by atoms with van der Waals surface area (Å²) in [5.74, 6) is 0.0273. The highest BCUT2D eigenvalue weighted by molar-refractivity contribution is 7.10. The summed E-state index contributed by atoms with van der Waals surface area (Å²) in [5.41, 5.74) is 1.23. The summed E-state index contributed by atoms with van der Waals surface area (Å²) in [7, 11) is 1.36. The van der Waals surface area contributed by atoms with E-state index in [9.17, 15) is 14.4 Å². The molecule has 1 fully saturated rings. The van der Waals surface area contributed by atoms with Crippen LogP contribution in [-0.4, -0.2) is 72.4 Å². The van der Waals surface area contributed by atoms with Crippen molar-refractivity contribution in [3.8, 4) is 0 Å². The summed E-state index contributed by atoms with van der Waals surface area (Å²) in [6, 6.07) is 2.08. The Morgan fingerprint density at radius 3 is 2.46 bits per heavy atom. The molecular weight excluding hydrogens is 354 g/mol. The zero-order chi connectivity index (χ0) is 18.5. The molecule has 26 heavy (non-hydrogen) atoms. The Labute approximate surface area is 157 Å². The van der Waals surface area contributed by atoms with Crippen molar-refractivity contribution in [3.05, 3.63) is 21.9 Å². The minimum absolute atomic E-state index is 0.0155. The molecule has 3 heterocycles. The number of hydrogen-bond acceptors (Lipinski definition) is 5. The predicted molar refractivity (Wildman–Crippen MR) is 97.8 cm³/mol. The number of carbonyl (C=O) groups is 3. The van der Waals surface area contributed by atoms with Gasteiger partial charge in [0.2, 0.25) is 11.8 Å². The molecule has 3 rings (SSSR count). The van der Waals surface area contributed by atoms with Gasteiger partial charge in [-0.05, 0) is 29.9 Å². The van der Waals surface area contributed by atoms with Gasteiger partial charge >= 0.3 is 6.09 Å². The number of carbonyl (C=O) groups excluding carboxylic acids is 3. The number of rotatable bonds is 3. The first-order chi connectivity index (χ1) is 12.6. The predicted octanol–water partition coefficient (Wildman–Crippen LogP) is 1.71. The molecule has 1 aromatic heterocycles. The second-order valence-corrected chi connectivity index (χ2v) is 7.63. The normalized spacial score (nSPS) is 17.5. The molecule has 0 unspecified atom stereocenters. The quantitative estimate of drug-likeness (QED) is 0.802. The fraction of sp³-hybridized carbons (Fsp3) is 0.611. The average molecular weight is 379 g/mol. The van der Waals surface area contributed by atoms with Crippen LogP contribution in [0.1, 0.15) is 29.7 Å². The summed E-state index contributed by atoms with van der Waals surface area (Å²) >= 11 is 1.75. The number of hydrogen-bond donors (Lipinski definition) is 0. The van der Waals surface area contributed by atoms with Crippen LogP contribution in [-0.2, 0) is 27.3 Å². The van der Waals surface area contributed by atoms with E-state index in [1.54, 1.807) is 21.1 Å². The van der Waals surface area contributed by atoms with Gasteiger partial charge in [0.25, 0.3) is 0 Å². The van der Waals surface area contributed by atoms with Crippen molar-refractivity contribution < 1.29 is 19.1 Å². The van der Waals surface area contributed by atoms with Crippen LogP contribution in [0.3, 0.4) is 0 Å². The maximum atomic E-state index is 12.5. The third kappa shape index (κ3) is 4.35. The van der Waals surface area contributed by atoms with Gasteiger partial charge in [-0.3, -0.25) is 9.59 Å². The van der Waals surface area contributed by atoms with Crippen LogP contribution in [0.5, 0.6) is 0 Å². The van der Waals surface area contributed by atoms with Gasteiger partial charge < -0.3 is 19.4 Å². The van der Waals surface area contributed by atoms with Crippen molar-refractivity contribution in [1.82, 2.24) is 14.7 Å². The van der Waals surface area contributed by atoms with E-state index in [4.69, 9.17) is 4.74 Å². The Morgan fingerprint density at radius 2 is 1.69 bits per heavy atom. The van der Waals surface area contributed by atoms with Gasteiger partial charge in [0, 0.05) is 57.0 Å². The number of nitrogens with zero attached hydrogens (tertiary/aromatic N) is 3. The lowest BCUT2D eigenvalue weighted by Crippen LogP contribution is -2.38. The lowest BCUT2D eigenvalue weighted by Gasteiger charge is -2.27. The van der Waals surface area contributed by atoms with Crippen molar-refractivity contribution in [2.75, 3.05) is 39.8 Å². The monoisotopic (exact) mass is 379 g/mol. The van der Waals surface area contributed by atoms with Crippen LogP contribution in [0.15, 0.2) is 11.4 Å². The van der Waals surface area contributed by atoms with Gasteiger partial charge in [-0.15, -0.1) is 11.3 Å². The highest BCUT2D eigenvalue weighted by atomic mass is 32.1. The van der Waals surface area contributed by atoms with Crippen LogP contribution in [0.4, 0.5) is 4.79 Å². The van der Waals surface area contributed by atoms with Gasteiger partial charge in [0.05, 0.1) is 7.11 Å². The Morgan fingerprint density at radius 1 is 1.00 bits per heavy atom. The molecule has 0 aliphatic carbocycles. The summed E-state index contributed by atoms with van der Waals surface area (Å²) < 4.78 is 4.74. The Bertz CT molecular complexity index is 675. The molecule has 0 radical (unpaired) electrons. The molecule has 0 N–H and O–H groups in total. The SMILES string of the molecule is COC(=O)N1CCCN(C(=O)CCC(=O)N2CCc3sccc3C2)CC1. The average Bonchev–Trinajstić information content (AvgIpc) is 2.99. The number of methoxy groups -OCH3 is 1. The molecule has 1 saturated heterocycles. The molecule has 1 aromatic rings. The standard InChI is InChI=1S/C18H25N3O4S/c1-25-18(24)20-8-2-7-19(10-11-20)16(22)3-4-17(23)21-9-5-15-14(13-21)6-12-26-15/h6,12H,2-5,7-11,13H2,1H3. The second kappa shape index (κ2) is 8.53. The van der Waals surface area contributed by atoms with Crippen molar-refractivity contribution in [2.45, 2.75) is 32.2 Å². The fourth-order valence-electron chi connectivity index (χ4n) is 3.47. The minimum atomic E-state index is -0.354. The molecule has 0 bridgehead atoms. The minimum Gasteiger partial charge on any atom is -0.453 e. The smallest absolute Gasteiger partial charge is 0.409 e. The van der Waals surface area contributed by atoms with E-state index in [2.05, 4.69) is 11.4 Å². The molecule has 3 amide bonds. The van der Waals surface area contributed by atoms with Gasteiger partial charge in [0.1, 0.15) is 0 Å². The Hall–Kier alpha value is -2.09. The highest BCUT2D eigenvalue weighted by Gasteiger charge is 2.25. The van der Waals surface area contributed by atoms with Gasteiger partial charge in [0.15, 0.2) is 0 Å². The van der Waals surface area contributed by atoms with Crippen molar-refractivity contribution in [2.24, 2.45) is 0 Å². The number of amides is 3. The van der Waals surface area contributed by atoms with Crippen molar-refractivity contribution in [1.29, 1.82) is 0 Å². The zero-order valence-electron chi connectivity index (χ0n) is 15.1. The molecule has 0 atom stereocenters. The number of thiophene rings is 1. The van der Waals surface area contributed by atoms with E-state index in [1.807, 2.05) is 4.90 Å². The third-order valence-corrected chi connectivity index (χ3v) is 6.02. The molecule has 0 spiro atoms. The molecule has 7 nitrogen and oxygen atoms in total. The summed E-state index contributed by atoms with van der Waals surface area (Å²) in [6.45, 7) is 3.56. The van der Waals surface area contributed by atoms with Crippen LogP contribution in [0, 0.1) is 0 Å². The van der Waals surface area contributed by atoms with Gasteiger partial charge in [-0.1, -0.05) is 0 Å². The molecular formula is C18H25N3O4S. The molecule has 142 valence electrons. The van der Waals surface area contributed by atoms with E-state index < -0.39 is 0 Å². The number of ether oxygens (including phenoxy) is 1. The van der Waals surface area contributed by atoms with E-state index in [0.29, 0.717) is 32.7 Å². The Kier molecular flexibility index (Phi) is 6.13. The van der Waals surface area contributed by atoms with Crippen molar-refractivity contribution >= 4 is 29.2 Å². The second-order valence-electron chi connectivity index (χ2n) is 6.63. The van der Waals surface area contributed by atoms with Crippen LogP contribution >= 0.6 is 11.3 Å². The number of fused-ring (bicyclic) bond motifs is 1. The molecule has 2 aliphatic heterocycles. The molecule has 0 aromatic carbocycles. The van der Waals surface area contributed by atoms with Crippen LogP contribution < -0.4 is 0 Å². The lowest BCUT2D eigenvalue weighted by atomic mass is 10.1. The summed E-state index contributed by atoms with van der Waals surface area (Å²) in [6.07, 6.45) is 1.75. The Balaban J connectivity index is 1.45. The molecule has 8 heteroatoms. The summed E-state index contributed by atoms with van der Waals surface area (Å²) in [4.78, 5) is 43.1. The van der Waals surface area contributed by atoms with Crippen molar-refractivity contribution in [3.63, 3.8) is 0 Å². The topological polar surface area (TPSA) is 70.2 Å². The van der Waals surface area contributed by atoms with E-state index in [0.717, 1.165) is 19.4 Å². The first kappa shape index (κ1) is 18.7. The lowest BCUT2D eigenvalue weighted by molar-refractivity contribution is -0.137. The maximum Gasteiger partial charge on any atom is 0.409 e. The third-order valence-electron chi connectivity index (χ3n) is 4.99. The first-order valence-corrected chi connectivity index (χ1v) is 9.90. The van der Waals surface area contributed by atoms with E-state index in [-0.39, 0.29) is 30.7 Å². The zero-order valence-corrected chi connectivity index (χ0v) is 15.9. The first-order valence-electron chi connectivity index (χ1n) is 9.02. The van der Waals surface area contributed by atoms with E-state index in [1.165, 1.54) is 17.6 Å². The van der Waals surface area contributed by atoms with Gasteiger partial charge in [-0.25, -0.2) is 4.79 Å². The van der Waals surface area contributed by atoms with Crippen LogP contribution in [0.2, 0.25) is 0 Å².